The largest absolute Gasteiger partial charge is 0.368 e. The fraction of sp³-hybridized carbons (Fsp3) is 0.227. The molecule has 0 unspecified atom stereocenters. The molecular weight excluding hydrogens is 380 g/mol. The molecule has 3 aromatic rings. The van der Waals surface area contributed by atoms with E-state index in [9.17, 15) is 9.59 Å². The molecule has 1 aliphatic rings. The number of benzene rings is 1. The monoisotopic (exact) mass is 402 g/mol. The minimum Gasteiger partial charge on any atom is -0.368 e. The van der Waals surface area contributed by atoms with Crippen LogP contribution < -0.4 is 16.8 Å². The van der Waals surface area contributed by atoms with Crippen LogP contribution in [0.5, 0.6) is 0 Å². The first-order valence-electron chi connectivity index (χ1n) is 9.72. The number of nitrogens with two attached hydrogens (primary N) is 2. The molecule has 0 radical (unpaired) electrons. The van der Waals surface area contributed by atoms with Gasteiger partial charge in [0.25, 0.3) is 5.91 Å². The third kappa shape index (κ3) is 3.84. The molecule has 8 heteroatoms. The molecule has 2 aromatic heterocycles. The number of rotatable bonds is 7. The van der Waals surface area contributed by atoms with Crippen LogP contribution in [0.25, 0.3) is 11.3 Å². The lowest BCUT2D eigenvalue weighted by molar-refractivity contribution is 0.0988. The summed E-state index contributed by atoms with van der Waals surface area (Å²) in [4.78, 5) is 27.3. The second kappa shape index (κ2) is 7.90. The molecule has 1 fully saturated rings. The van der Waals surface area contributed by atoms with Crippen molar-refractivity contribution >= 4 is 17.6 Å². The number of carbonyl (C=O) groups excluding carboxylic acids is 2. The maximum Gasteiger partial charge on any atom is 0.267 e. The van der Waals surface area contributed by atoms with Crippen LogP contribution in [0.4, 0.5) is 5.82 Å². The SMILES string of the molecule is NC(=O)c1cccc(-c2ccc(NCC3(c4cccc(C(N)=O)n4)CCC3)nn2)c1. The van der Waals surface area contributed by atoms with Gasteiger partial charge in [-0.1, -0.05) is 24.6 Å². The summed E-state index contributed by atoms with van der Waals surface area (Å²) in [5.74, 6) is -0.369. The molecule has 2 amide bonds. The summed E-state index contributed by atoms with van der Waals surface area (Å²) in [5.41, 5.74) is 13.6. The first-order chi connectivity index (χ1) is 14.5. The first-order valence-corrected chi connectivity index (χ1v) is 9.72. The summed E-state index contributed by atoms with van der Waals surface area (Å²) in [6.07, 6.45) is 3.05. The van der Waals surface area contributed by atoms with Gasteiger partial charge in [-0.15, -0.1) is 10.2 Å². The lowest BCUT2D eigenvalue weighted by atomic mass is 9.66. The maximum atomic E-state index is 11.5. The minimum absolute atomic E-state index is 0.151. The quantitative estimate of drug-likeness (QED) is 0.554. The smallest absolute Gasteiger partial charge is 0.267 e. The van der Waals surface area contributed by atoms with Crippen LogP contribution in [0.15, 0.2) is 54.6 Å². The van der Waals surface area contributed by atoms with Gasteiger partial charge in [-0.2, -0.15) is 0 Å². The van der Waals surface area contributed by atoms with Crippen molar-refractivity contribution in [3.8, 4) is 11.3 Å². The lowest BCUT2D eigenvalue weighted by Gasteiger charge is -2.41. The van der Waals surface area contributed by atoms with E-state index in [2.05, 4.69) is 20.5 Å². The van der Waals surface area contributed by atoms with Crippen molar-refractivity contribution in [2.75, 3.05) is 11.9 Å². The van der Waals surface area contributed by atoms with Crippen molar-refractivity contribution in [2.24, 2.45) is 11.5 Å². The third-order valence-electron chi connectivity index (χ3n) is 5.57. The summed E-state index contributed by atoms with van der Waals surface area (Å²) < 4.78 is 0. The van der Waals surface area contributed by atoms with Crippen LogP contribution in [-0.2, 0) is 5.41 Å². The summed E-state index contributed by atoms with van der Waals surface area (Å²) in [7, 11) is 0. The molecule has 1 aromatic carbocycles. The van der Waals surface area contributed by atoms with Crippen molar-refractivity contribution in [1.29, 1.82) is 0 Å². The number of hydrogen-bond donors (Lipinski definition) is 3. The van der Waals surface area contributed by atoms with E-state index in [1.165, 1.54) is 0 Å². The predicted molar refractivity (Wildman–Crippen MR) is 113 cm³/mol. The summed E-state index contributed by atoms with van der Waals surface area (Å²) in [6.45, 7) is 0.632. The molecule has 0 atom stereocenters. The molecule has 2 heterocycles. The number of amides is 2. The van der Waals surface area contributed by atoms with Gasteiger partial charge >= 0.3 is 0 Å². The number of nitrogens with zero attached hydrogens (tertiary/aromatic N) is 3. The fourth-order valence-corrected chi connectivity index (χ4v) is 3.67. The van der Waals surface area contributed by atoms with Gasteiger partial charge in [0.1, 0.15) is 11.5 Å². The molecule has 30 heavy (non-hydrogen) atoms. The van der Waals surface area contributed by atoms with E-state index in [1.807, 2.05) is 30.3 Å². The summed E-state index contributed by atoms with van der Waals surface area (Å²) in [6, 6.07) is 16.0. The average molecular weight is 402 g/mol. The molecule has 0 saturated heterocycles. The molecule has 152 valence electrons. The van der Waals surface area contributed by atoms with Gasteiger partial charge in [0.05, 0.1) is 5.69 Å². The Bertz CT molecular complexity index is 1090. The van der Waals surface area contributed by atoms with Gasteiger partial charge in [0, 0.05) is 28.8 Å². The molecule has 5 N–H and O–H groups in total. The highest BCUT2D eigenvalue weighted by Crippen LogP contribution is 2.43. The number of nitrogens with one attached hydrogen (secondary N) is 1. The highest BCUT2D eigenvalue weighted by atomic mass is 16.1. The highest BCUT2D eigenvalue weighted by molar-refractivity contribution is 5.94. The average Bonchev–Trinajstić information content (AvgIpc) is 2.74. The lowest BCUT2D eigenvalue weighted by Crippen LogP contribution is -2.42. The van der Waals surface area contributed by atoms with Crippen LogP contribution >= 0.6 is 0 Å². The predicted octanol–water partition coefficient (Wildman–Crippen LogP) is 2.27. The van der Waals surface area contributed by atoms with Crippen LogP contribution in [-0.4, -0.2) is 33.5 Å². The van der Waals surface area contributed by atoms with E-state index >= 15 is 0 Å². The van der Waals surface area contributed by atoms with E-state index in [-0.39, 0.29) is 11.1 Å². The topological polar surface area (TPSA) is 137 Å². The number of primary amides is 2. The zero-order chi connectivity index (χ0) is 21.1. The number of pyridine rings is 1. The Labute approximate surface area is 173 Å². The maximum absolute atomic E-state index is 11.5. The van der Waals surface area contributed by atoms with Gasteiger partial charge in [-0.25, -0.2) is 4.98 Å². The van der Waals surface area contributed by atoms with E-state index in [4.69, 9.17) is 11.5 Å². The van der Waals surface area contributed by atoms with Crippen LogP contribution in [0.3, 0.4) is 0 Å². The normalized spacial score (nSPS) is 14.5. The molecule has 1 aliphatic carbocycles. The van der Waals surface area contributed by atoms with Crippen molar-refractivity contribution in [3.05, 3.63) is 71.5 Å². The van der Waals surface area contributed by atoms with Crippen LogP contribution in [0.2, 0.25) is 0 Å². The van der Waals surface area contributed by atoms with E-state index in [0.717, 1.165) is 30.5 Å². The van der Waals surface area contributed by atoms with Crippen molar-refractivity contribution < 1.29 is 9.59 Å². The number of carbonyl (C=O) groups is 2. The van der Waals surface area contributed by atoms with Crippen LogP contribution in [0, 0.1) is 0 Å². The minimum atomic E-state index is -0.527. The summed E-state index contributed by atoms with van der Waals surface area (Å²) in [5, 5.41) is 11.9. The Morgan fingerprint density at radius 1 is 0.967 bits per heavy atom. The Morgan fingerprint density at radius 3 is 2.40 bits per heavy atom. The standard InChI is InChI=1S/C22H22N6O2/c23-20(29)15-5-1-4-14(12-15)16-8-9-19(28-27-16)25-13-22(10-3-11-22)18-7-2-6-17(26-18)21(24)30/h1-2,4-9,12H,3,10-11,13H2,(H2,23,29)(H2,24,30)(H,25,28). The number of aromatic nitrogens is 3. The Kier molecular flexibility index (Phi) is 5.14. The molecule has 0 bridgehead atoms. The second-order valence-corrected chi connectivity index (χ2v) is 7.51. The van der Waals surface area contributed by atoms with Gasteiger partial charge in [0.2, 0.25) is 5.91 Å². The molecule has 4 rings (SSSR count). The van der Waals surface area contributed by atoms with E-state index < -0.39 is 11.8 Å². The highest BCUT2D eigenvalue weighted by Gasteiger charge is 2.40. The van der Waals surface area contributed by atoms with Crippen molar-refractivity contribution in [2.45, 2.75) is 24.7 Å². The first kappa shape index (κ1) is 19.5. The number of anilines is 1. The van der Waals surface area contributed by atoms with E-state index in [0.29, 0.717) is 23.6 Å². The van der Waals surface area contributed by atoms with E-state index in [1.54, 1.807) is 24.3 Å². The third-order valence-corrected chi connectivity index (χ3v) is 5.57. The van der Waals surface area contributed by atoms with Gasteiger partial charge in [-0.3, -0.25) is 9.59 Å². The molecule has 0 spiro atoms. The Morgan fingerprint density at radius 2 is 1.77 bits per heavy atom. The summed E-state index contributed by atoms with van der Waals surface area (Å²) >= 11 is 0. The molecule has 1 saturated carbocycles. The van der Waals surface area contributed by atoms with Crippen LogP contribution in [0.1, 0.15) is 45.8 Å². The van der Waals surface area contributed by atoms with Gasteiger partial charge in [-0.05, 0) is 49.2 Å². The van der Waals surface area contributed by atoms with Crippen molar-refractivity contribution in [1.82, 2.24) is 15.2 Å². The molecule has 0 aliphatic heterocycles. The number of hydrogen-bond acceptors (Lipinski definition) is 6. The van der Waals surface area contributed by atoms with Crippen molar-refractivity contribution in [3.63, 3.8) is 0 Å². The Balaban J connectivity index is 1.48. The molecule has 8 nitrogen and oxygen atoms in total. The van der Waals surface area contributed by atoms with Gasteiger partial charge < -0.3 is 16.8 Å². The zero-order valence-electron chi connectivity index (χ0n) is 16.3. The zero-order valence-corrected chi connectivity index (χ0v) is 16.3. The fourth-order valence-electron chi connectivity index (χ4n) is 3.67. The van der Waals surface area contributed by atoms with Gasteiger partial charge in [0.15, 0.2) is 0 Å². The second-order valence-electron chi connectivity index (χ2n) is 7.51. The molecular formula is C22H22N6O2. The Hall–Kier alpha value is -3.81.